The molecule has 0 atom stereocenters. The maximum atomic E-state index is 5.66. The van der Waals surface area contributed by atoms with Crippen LogP contribution in [0.4, 0.5) is 0 Å². The van der Waals surface area contributed by atoms with Crippen LogP contribution in [0.2, 0.25) is 0 Å². The number of hydrogen-bond acceptors (Lipinski definition) is 4. The van der Waals surface area contributed by atoms with Gasteiger partial charge in [0.15, 0.2) is 0 Å². The van der Waals surface area contributed by atoms with Gasteiger partial charge in [0.05, 0.1) is 0 Å². The van der Waals surface area contributed by atoms with Crippen LogP contribution in [-0.4, -0.2) is 62.2 Å². The molecule has 0 spiro atoms. The highest BCUT2D eigenvalue weighted by Gasteiger charge is 2.08. The first-order valence-electron chi connectivity index (χ1n) is 10.3. The Morgan fingerprint density at radius 3 is 1.17 bits per heavy atom. The normalized spacial score (nSPS) is 12.2. The second-order valence-corrected chi connectivity index (χ2v) is 8.09. The lowest BCUT2D eigenvalue weighted by Gasteiger charge is -2.25. The predicted molar refractivity (Wildman–Crippen MR) is 108 cm³/mol. The van der Waals surface area contributed by atoms with E-state index in [1.807, 2.05) is 0 Å². The third-order valence-corrected chi connectivity index (χ3v) is 4.30. The SMILES string of the molecule is CC(C)CN(CCCN)CCCCCCN(CCCN)CC(C)C. The molecule has 4 nitrogen and oxygen atoms in total. The maximum Gasteiger partial charge on any atom is 0.000439 e. The molecule has 4 N–H and O–H groups in total. The lowest BCUT2D eigenvalue weighted by molar-refractivity contribution is 0.228. The van der Waals surface area contributed by atoms with E-state index in [1.165, 1.54) is 51.9 Å². The zero-order chi connectivity index (χ0) is 18.2. The number of nitrogens with two attached hydrogens (primary N) is 2. The van der Waals surface area contributed by atoms with E-state index < -0.39 is 0 Å². The number of hydrogen-bond donors (Lipinski definition) is 2. The molecule has 146 valence electrons. The molecule has 0 heterocycles. The fourth-order valence-corrected chi connectivity index (χ4v) is 3.28. The van der Waals surface area contributed by atoms with Crippen molar-refractivity contribution in [3.8, 4) is 0 Å². The van der Waals surface area contributed by atoms with Crippen LogP contribution in [0.1, 0.15) is 66.2 Å². The van der Waals surface area contributed by atoms with Gasteiger partial charge in [0.2, 0.25) is 0 Å². The number of rotatable bonds is 17. The molecule has 0 bridgehead atoms. The molecule has 0 fully saturated rings. The van der Waals surface area contributed by atoms with Crippen molar-refractivity contribution >= 4 is 0 Å². The van der Waals surface area contributed by atoms with Gasteiger partial charge in [-0.25, -0.2) is 0 Å². The fraction of sp³-hybridized carbons (Fsp3) is 1.00. The Labute approximate surface area is 152 Å². The molecule has 0 saturated carbocycles. The van der Waals surface area contributed by atoms with Gasteiger partial charge in [0.1, 0.15) is 0 Å². The van der Waals surface area contributed by atoms with Gasteiger partial charge in [-0.15, -0.1) is 0 Å². The van der Waals surface area contributed by atoms with E-state index >= 15 is 0 Å². The van der Waals surface area contributed by atoms with Crippen molar-refractivity contribution in [1.29, 1.82) is 0 Å². The first-order chi connectivity index (χ1) is 11.5. The molecular weight excluding hydrogens is 296 g/mol. The summed E-state index contributed by atoms with van der Waals surface area (Å²) >= 11 is 0. The minimum atomic E-state index is 0.745. The molecule has 0 rings (SSSR count). The van der Waals surface area contributed by atoms with Gasteiger partial charge >= 0.3 is 0 Å². The molecule has 0 aromatic carbocycles. The van der Waals surface area contributed by atoms with E-state index in [1.54, 1.807) is 0 Å². The lowest BCUT2D eigenvalue weighted by Crippen LogP contribution is -2.31. The van der Waals surface area contributed by atoms with Gasteiger partial charge in [-0.1, -0.05) is 40.5 Å². The van der Waals surface area contributed by atoms with E-state index in [0.717, 1.165) is 50.9 Å². The summed E-state index contributed by atoms with van der Waals surface area (Å²) in [4.78, 5) is 5.20. The Kier molecular flexibility index (Phi) is 16.2. The Morgan fingerprint density at radius 1 is 0.542 bits per heavy atom. The topological polar surface area (TPSA) is 58.5 Å². The molecule has 0 unspecified atom stereocenters. The zero-order valence-electron chi connectivity index (χ0n) is 17.1. The molecular formula is C20H46N4. The predicted octanol–water partition coefficient (Wildman–Crippen LogP) is 3.16. The van der Waals surface area contributed by atoms with E-state index in [-0.39, 0.29) is 0 Å². The van der Waals surface area contributed by atoms with Crippen molar-refractivity contribution in [3.63, 3.8) is 0 Å². The van der Waals surface area contributed by atoms with Gasteiger partial charge in [0, 0.05) is 13.1 Å². The average molecular weight is 343 g/mol. The molecule has 24 heavy (non-hydrogen) atoms. The van der Waals surface area contributed by atoms with Gasteiger partial charge in [-0.05, 0) is 76.8 Å². The largest absolute Gasteiger partial charge is 0.330 e. The van der Waals surface area contributed by atoms with Gasteiger partial charge in [0.25, 0.3) is 0 Å². The molecule has 0 amide bonds. The maximum absolute atomic E-state index is 5.66. The summed E-state index contributed by atoms with van der Waals surface area (Å²) in [6.45, 7) is 18.1. The van der Waals surface area contributed by atoms with E-state index in [9.17, 15) is 0 Å². The molecule has 0 saturated heterocycles. The summed E-state index contributed by atoms with van der Waals surface area (Å²) in [5.74, 6) is 1.49. The molecule has 0 radical (unpaired) electrons. The first-order valence-corrected chi connectivity index (χ1v) is 10.3. The molecule has 0 aliphatic heterocycles. The smallest absolute Gasteiger partial charge is 0.000439 e. The second-order valence-electron chi connectivity index (χ2n) is 8.09. The Hall–Kier alpha value is -0.160. The van der Waals surface area contributed by atoms with Crippen molar-refractivity contribution in [1.82, 2.24) is 9.80 Å². The number of nitrogens with zero attached hydrogens (tertiary/aromatic N) is 2. The summed E-state index contributed by atoms with van der Waals surface area (Å²) in [6, 6.07) is 0. The van der Waals surface area contributed by atoms with Crippen molar-refractivity contribution in [2.24, 2.45) is 23.3 Å². The second kappa shape index (κ2) is 16.3. The van der Waals surface area contributed by atoms with Crippen LogP contribution in [0, 0.1) is 11.8 Å². The van der Waals surface area contributed by atoms with E-state index in [2.05, 4.69) is 37.5 Å². The minimum Gasteiger partial charge on any atom is -0.330 e. The van der Waals surface area contributed by atoms with Crippen molar-refractivity contribution in [2.75, 3.05) is 52.4 Å². The van der Waals surface area contributed by atoms with Crippen molar-refractivity contribution in [3.05, 3.63) is 0 Å². The quantitative estimate of drug-likeness (QED) is 0.399. The van der Waals surface area contributed by atoms with Crippen molar-refractivity contribution < 1.29 is 0 Å². The highest BCUT2D eigenvalue weighted by molar-refractivity contribution is 4.63. The monoisotopic (exact) mass is 342 g/mol. The highest BCUT2D eigenvalue weighted by Crippen LogP contribution is 2.08. The average Bonchev–Trinajstić information content (AvgIpc) is 2.51. The van der Waals surface area contributed by atoms with Crippen molar-refractivity contribution in [2.45, 2.75) is 66.2 Å². The molecule has 4 heteroatoms. The molecule has 0 aromatic heterocycles. The van der Waals surface area contributed by atoms with Crippen LogP contribution in [0.5, 0.6) is 0 Å². The van der Waals surface area contributed by atoms with Crippen LogP contribution in [0.15, 0.2) is 0 Å². The summed E-state index contributed by atoms with van der Waals surface area (Å²) in [5.41, 5.74) is 11.3. The highest BCUT2D eigenvalue weighted by atomic mass is 15.1. The Morgan fingerprint density at radius 2 is 0.875 bits per heavy atom. The third kappa shape index (κ3) is 15.4. The van der Waals surface area contributed by atoms with E-state index in [4.69, 9.17) is 11.5 Å². The first kappa shape index (κ1) is 23.8. The van der Waals surface area contributed by atoms with Crippen LogP contribution < -0.4 is 11.5 Å². The Bertz CT molecular complexity index is 230. The van der Waals surface area contributed by atoms with Gasteiger partial charge in [-0.2, -0.15) is 0 Å². The molecule has 0 aromatic rings. The third-order valence-electron chi connectivity index (χ3n) is 4.30. The minimum absolute atomic E-state index is 0.745. The molecule has 0 aliphatic rings. The lowest BCUT2D eigenvalue weighted by atomic mass is 10.1. The van der Waals surface area contributed by atoms with Crippen LogP contribution in [0.3, 0.4) is 0 Å². The van der Waals surface area contributed by atoms with Crippen LogP contribution >= 0.6 is 0 Å². The summed E-state index contributed by atoms with van der Waals surface area (Å²) in [5, 5.41) is 0. The molecule has 0 aliphatic carbocycles. The fourth-order valence-electron chi connectivity index (χ4n) is 3.28. The van der Waals surface area contributed by atoms with E-state index in [0.29, 0.717) is 0 Å². The Balaban J connectivity index is 3.83. The summed E-state index contributed by atoms with van der Waals surface area (Å²) in [7, 11) is 0. The van der Waals surface area contributed by atoms with Crippen LogP contribution in [-0.2, 0) is 0 Å². The summed E-state index contributed by atoms with van der Waals surface area (Å²) < 4.78 is 0. The van der Waals surface area contributed by atoms with Crippen LogP contribution in [0.25, 0.3) is 0 Å². The standard InChI is InChI=1S/C20H46N4/c1-19(2)17-23(15-9-11-21)13-7-5-6-8-14-24(16-10-12-22)18-20(3)4/h19-20H,5-18,21-22H2,1-4H3. The number of unbranched alkanes of at least 4 members (excludes halogenated alkanes) is 3. The summed E-state index contributed by atoms with van der Waals surface area (Å²) in [6.07, 6.45) is 7.60. The zero-order valence-corrected chi connectivity index (χ0v) is 17.1. The van der Waals surface area contributed by atoms with Gasteiger partial charge in [-0.3, -0.25) is 0 Å². The van der Waals surface area contributed by atoms with Gasteiger partial charge < -0.3 is 21.3 Å².